The van der Waals surface area contributed by atoms with Crippen LogP contribution >= 0.6 is 0 Å². The van der Waals surface area contributed by atoms with Crippen molar-refractivity contribution in [1.29, 1.82) is 0 Å². The van der Waals surface area contributed by atoms with Gasteiger partial charge in [-0.2, -0.15) is 0 Å². The van der Waals surface area contributed by atoms with Crippen LogP contribution in [0.2, 0.25) is 0 Å². The molecule has 0 aliphatic rings. The summed E-state index contributed by atoms with van der Waals surface area (Å²) in [4.78, 5) is 0. The summed E-state index contributed by atoms with van der Waals surface area (Å²) >= 11 is 0. The van der Waals surface area contributed by atoms with Gasteiger partial charge in [0.25, 0.3) is 0 Å². The van der Waals surface area contributed by atoms with E-state index in [4.69, 9.17) is 4.42 Å². The normalized spacial score (nSPS) is 15.8. The highest BCUT2D eigenvalue weighted by Gasteiger charge is 2.18. The minimum Gasteiger partial charge on any atom is -0.472 e. The molecule has 1 N–H and O–H groups in total. The zero-order valence-corrected chi connectivity index (χ0v) is 9.58. The first-order chi connectivity index (χ1) is 6.65. The van der Waals surface area contributed by atoms with Crippen LogP contribution in [0.15, 0.2) is 23.0 Å². The minimum absolute atomic E-state index is 0.535. The summed E-state index contributed by atoms with van der Waals surface area (Å²) in [7, 11) is 2.03. The topological polar surface area (TPSA) is 25.2 Å². The molecule has 80 valence electrons. The highest BCUT2D eigenvalue weighted by Crippen LogP contribution is 2.18. The van der Waals surface area contributed by atoms with E-state index in [0.29, 0.717) is 17.9 Å². The second-order valence-corrected chi connectivity index (χ2v) is 4.33. The van der Waals surface area contributed by atoms with Gasteiger partial charge >= 0.3 is 0 Å². The maximum absolute atomic E-state index is 5.07. The second kappa shape index (κ2) is 5.20. The molecule has 0 saturated heterocycles. The zero-order chi connectivity index (χ0) is 10.6. The molecule has 2 heteroatoms. The molecule has 2 atom stereocenters. The molecular formula is C12H21NO. The van der Waals surface area contributed by atoms with Crippen molar-refractivity contribution in [3.63, 3.8) is 0 Å². The summed E-state index contributed by atoms with van der Waals surface area (Å²) in [6.45, 7) is 6.83. The van der Waals surface area contributed by atoms with Gasteiger partial charge in [-0.05, 0) is 36.9 Å². The Kier molecular flexibility index (Phi) is 4.21. The summed E-state index contributed by atoms with van der Waals surface area (Å²) in [5, 5.41) is 3.38. The Morgan fingerprint density at radius 1 is 1.36 bits per heavy atom. The van der Waals surface area contributed by atoms with Crippen LogP contribution in [0.1, 0.15) is 26.3 Å². The van der Waals surface area contributed by atoms with Crippen molar-refractivity contribution in [1.82, 2.24) is 5.32 Å². The molecule has 0 spiro atoms. The Bertz CT molecular complexity index is 241. The SMILES string of the molecule is CNC(Cc1ccoc1)C(C)C(C)C. The average Bonchev–Trinajstić information content (AvgIpc) is 2.65. The molecule has 0 radical (unpaired) electrons. The van der Waals surface area contributed by atoms with Crippen LogP contribution < -0.4 is 5.32 Å². The van der Waals surface area contributed by atoms with E-state index in [2.05, 4.69) is 26.1 Å². The average molecular weight is 195 g/mol. The molecule has 0 fully saturated rings. The predicted octanol–water partition coefficient (Wildman–Crippen LogP) is 2.70. The van der Waals surface area contributed by atoms with Gasteiger partial charge in [-0.3, -0.25) is 0 Å². The van der Waals surface area contributed by atoms with E-state index in [-0.39, 0.29) is 0 Å². The summed E-state index contributed by atoms with van der Waals surface area (Å²) in [5.41, 5.74) is 1.27. The van der Waals surface area contributed by atoms with E-state index < -0.39 is 0 Å². The maximum Gasteiger partial charge on any atom is 0.0935 e. The summed E-state index contributed by atoms with van der Waals surface area (Å²) < 4.78 is 5.07. The molecule has 1 aromatic rings. The van der Waals surface area contributed by atoms with Gasteiger partial charge in [0.15, 0.2) is 0 Å². The maximum atomic E-state index is 5.07. The smallest absolute Gasteiger partial charge is 0.0935 e. The van der Waals surface area contributed by atoms with Crippen molar-refractivity contribution >= 4 is 0 Å². The van der Waals surface area contributed by atoms with E-state index in [1.807, 2.05) is 19.4 Å². The molecule has 0 bridgehead atoms. The van der Waals surface area contributed by atoms with Crippen LogP contribution in [0.25, 0.3) is 0 Å². The lowest BCUT2D eigenvalue weighted by Crippen LogP contribution is -2.36. The number of nitrogens with one attached hydrogen (secondary N) is 1. The van der Waals surface area contributed by atoms with Crippen LogP contribution in [0.3, 0.4) is 0 Å². The van der Waals surface area contributed by atoms with Gasteiger partial charge in [-0.1, -0.05) is 20.8 Å². The van der Waals surface area contributed by atoms with Gasteiger partial charge in [0.2, 0.25) is 0 Å². The van der Waals surface area contributed by atoms with Crippen LogP contribution in [0.4, 0.5) is 0 Å². The second-order valence-electron chi connectivity index (χ2n) is 4.33. The van der Waals surface area contributed by atoms with Gasteiger partial charge < -0.3 is 9.73 Å². The number of rotatable bonds is 5. The molecule has 0 amide bonds. The monoisotopic (exact) mass is 195 g/mol. The van der Waals surface area contributed by atoms with Crippen LogP contribution in [0, 0.1) is 11.8 Å². The molecule has 0 aliphatic carbocycles. The lowest BCUT2D eigenvalue weighted by molar-refractivity contribution is 0.309. The Labute approximate surface area is 86.7 Å². The first-order valence-electron chi connectivity index (χ1n) is 5.33. The highest BCUT2D eigenvalue weighted by atomic mass is 16.3. The quantitative estimate of drug-likeness (QED) is 0.781. The molecular weight excluding hydrogens is 174 g/mol. The standard InChI is InChI=1S/C12H21NO/c1-9(2)10(3)12(13-4)7-11-5-6-14-8-11/h5-6,8-10,12-13H,7H2,1-4H3. The van der Waals surface area contributed by atoms with Gasteiger partial charge in [0, 0.05) is 6.04 Å². The third-order valence-corrected chi connectivity index (χ3v) is 3.09. The van der Waals surface area contributed by atoms with E-state index in [1.165, 1.54) is 5.56 Å². The first-order valence-corrected chi connectivity index (χ1v) is 5.33. The van der Waals surface area contributed by atoms with E-state index >= 15 is 0 Å². The van der Waals surface area contributed by atoms with Gasteiger partial charge in [-0.15, -0.1) is 0 Å². The lowest BCUT2D eigenvalue weighted by Gasteiger charge is -2.26. The van der Waals surface area contributed by atoms with Gasteiger partial charge in [0.05, 0.1) is 12.5 Å². The molecule has 1 aromatic heterocycles. The Hall–Kier alpha value is -0.760. The first kappa shape index (κ1) is 11.3. The van der Waals surface area contributed by atoms with Crippen LogP contribution in [-0.4, -0.2) is 13.1 Å². The highest BCUT2D eigenvalue weighted by molar-refractivity contribution is 5.07. The lowest BCUT2D eigenvalue weighted by atomic mass is 9.87. The zero-order valence-electron chi connectivity index (χ0n) is 9.58. The van der Waals surface area contributed by atoms with Crippen molar-refractivity contribution in [2.75, 3.05) is 7.05 Å². The molecule has 14 heavy (non-hydrogen) atoms. The Balaban J connectivity index is 2.55. The molecule has 0 saturated carbocycles. The van der Waals surface area contributed by atoms with Gasteiger partial charge in [0.1, 0.15) is 0 Å². The van der Waals surface area contributed by atoms with Gasteiger partial charge in [-0.25, -0.2) is 0 Å². The number of hydrogen-bond donors (Lipinski definition) is 1. The van der Waals surface area contributed by atoms with Crippen molar-refractivity contribution in [2.45, 2.75) is 33.2 Å². The van der Waals surface area contributed by atoms with Crippen molar-refractivity contribution < 1.29 is 4.42 Å². The molecule has 0 aliphatic heterocycles. The number of likely N-dealkylation sites (N-methyl/N-ethyl adjacent to an activating group) is 1. The summed E-state index contributed by atoms with van der Waals surface area (Å²) in [5.74, 6) is 1.38. The summed E-state index contributed by atoms with van der Waals surface area (Å²) in [6, 6.07) is 2.57. The molecule has 1 heterocycles. The Morgan fingerprint density at radius 3 is 2.50 bits per heavy atom. The fourth-order valence-corrected chi connectivity index (χ4v) is 1.68. The molecule has 0 aromatic carbocycles. The fraction of sp³-hybridized carbons (Fsp3) is 0.667. The van der Waals surface area contributed by atoms with Crippen molar-refractivity contribution in [3.8, 4) is 0 Å². The third-order valence-electron chi connectivity index (χ3n) is 3.09. The van der Waals surface area contributed by atoms with E-state index in [0.717, 1.165) is 6.42 Å². The molecule has 1 rings (SSSR count). The van der Waals surface area contributed by atoms with E-state index in [9.17, 15) is 0 Å². The largest absolute Gasteiger partial charge is 0.472 e. The predicted molar refractivity (Wildman–Crippen MR) is 59.3 cm³/mol. The van der Waals surface area contributed by atoms with E-state index in [1.54, 1.807) is 6.26 Å². The fourth-order valence-electron chi connectivity index (χ4n) is 1.68. The third kappa shape index (κ3) is 2.88. The molecule has 2 nitrogen and oxygen atoms in total. The van der Waals surface area contributed by atoms with Crippen molar-refractivity contribution in [3.05, 3.63) is 24.2 Å². The van der Waals surface area contributed by atoms with Crippen molar-refractivity contribution in [2.24, 2.45) is 11.8 Å². The van der Waals surface area contributed by atoms with Crippen LogP contribution in [-0.2, 0) is 6.42 Å². The minimum atomic E-state index is 0.535. The Morgan fingerprint density at radius 2 is 2.07 bits per heavy atom. The molecule has 2 unspecified atom stereocenters. The number of hydrogen-bond acceptors (Lipinski definition) is 2. The van der Waals surface area contributed by atoms with Crippen LogP contribution in [0.5, 0.6) is 0 Å². The number of furan rings is 1. The summed E-state index contributed by atoms with van der Waals surface area (Å²) in [6.07, 6.45) is 4.62.